The highest BCUT2D eigenvalue weighted by molar-refractivity contribution is 8.07. The molecule has 0 fully saturated rings. The quantitative estimate of drug-likeness (QED) is 0.521. The predicted octanol–water partition coefficient (Wildman–Crippen LogP) is -0.306. The van der Waals surface area contributed by atoms with Crippen molar-refractivity contribution in [3.63, 3.8) is 0 Å². The standard InChI is InChI=1S/C4H6B4S2/c1-9-3(5,6)4(7,8)10-2/h1-2H3. The third kappa shape index (κ3) is 2.23. The summed E-state index contributed by atoms with van der Waals surface area (Å²) in [6, 6.07) is 0. The van der Waals surface area contributed by atoms with Gasteiger partial charge in [-0.2, -0.15) is 23.5 Å². The molecule has 0 N–H and O–H groups in total. The summed E-state index contributed by atoms with van der Waals surface area (Å²) in [7, 11) is 22.3. The van der Waals surface area contributed by atoms with Gasteiger partial charge in [0, 0.05) is 0 Å². The first-order valence-corrected chi connectivity index (χ1v) is 5.08. The molecule has 0 aromatic heterocycles. The van der Waals surface area contributed by atoms with Gasteiger partial charge in [-0.1, -0.05) is 9.09 Å². The van der Waals surface area contributed by atoms with Crippen LogP contribution in [0.15, 0.2) is 0 Å². The van der Waals surface area contributed by atoms with Gasteiger partial charge in [-0.05, 0) is 12.5 Å². The minimum absolute atomic E-state index is 1.08. The fourth-order valence-corrected chi connectivity index (χ4v) is 1.46. The van der Waals surface area contributed by atoms with E-state index in [1.807, 2.05) is 0 Å². The highest BCUT2D eigenvalue weighted by Crippen LogP contribution is 2.32. The zero-order chi connectivity index (χ0) is 8.41. The summed E-state index contributed by atoms with van der Waals surface area (Å²) in [5, 5.41) is 0. The van der Waals surface area contributed by atoms with Gasteiger partial charge in [-0.3, -0.25) is 0 Å². The normalized spacial score (nSPS) is 13.4. The molecule has 0 saturated heterocycles. The molecule has 0 aliphatic heterocycles. The van der Waals surface area contributed by atoms with E-state index in [1.54, 1.807) is 12.5 Å². The van der Waals surface area contributed by atoms with E-state index in [9.17, 15) is 0 Å². The van der Waals surface area contributed by atoms with Crippen LogP contribution in [0.25, 0.3) is 0 Å². The second kappa shape index (κ2) is 3.57. The van der Waals surface area contributed by atoms with E-state index in [4.69, 9.17) is 31.4 Å². The zero-order valence-corrected chi connectivity index (χ0v) is 7.76. The highest BCUT2D eigenvalue weighted by atomic mass is 32.2. The molecule has 46 valence electrons. The van der Waals surface area contributed by atoms with Gasteiger partial charge in [0.15, 0.2) is 0 Å². The Morgan fingerprint density at radius 1 is 0.800 bits per heavy atom. The maximum absolute atomic E-state index is 5.57. The van der Waals surface area contributed by atoms with Gasteiger partial charge in [0.1, 0.15) is 0 Å². The molecule has 0 nitrogen and oxygen atoms in total. The van der Waals surface area contributed by atoms with Crippen molar-refractivity contribution < 1.29 is 0 Å². The molecule has 8 radical (unpaired) electrons. The van der Waals surface area contributed by atoms with Crippen LogP contribution >= 0.6 is 23.5 Å². The first-order valence-electron chi connectivity index (χ1n) is 2.63. The van der Waals surface area contributed by atoms with Crippen molar-refractivity contribution in [2.45, 2.75) is 9.09 Å². The second-order valence-electron chi connectivity index (χ2n) is 1.99. The SMILES string of the molecule is [B]C([B])(SC)C([B])([B])SC. The molecule has 6 heteroatoms. The van der Waals surface area contributed by atoms with E-state index in [0.29, 0.717) is 0 Å². The minimum atomic E-state index is -1.08. The molecule has 0 unspecified atom stereocenters. The zero-order valence-electron chi connectivity index (χ0n) is 6.13. The summed E-state index contributed by atoms with van der Waals surface area (Å²) in [6.45, 7) is 0. The van der Waals surface area contributed by atoms with Crippen LogP contribution < -0.4 is 0 Å². The van der Waals surface area contributed by atoms with E-state index in [1.165, 1.54) is 23.5 Å². The Morgan fingerprint density at radius 3 is 1.10 bits per heavy atom. The van der Waals surface area contributed by atoms with Crippen molar-refractivity contribution >= 4 is 54.9 Å². The smallest absolute Gasteiger partial charge is 0.0760 e. The topological polar surface area (TPSA) is 0 Å². The van der Waals surface area contributed by atoms with Crippen molar-refractivity contribution in [1.82, 2.24) is 0 Å². The highest BCUT2D eigenvalue weighted by Gasteiger charge is 2.32. The monoisotopic (exact) mass is 162 g/mol. The average molecular weight is 161 g/mol. The van der Waals surface area contributed by atoms with Crippen molar-refractivity contribution in [2.24, 2.45) is 0 Å². The molecular formula is C4H6B4S2. The van der Waals surface area contributed by atoms with Gasteiger partial charge >= 0.3 is 0 Å². The van der Waals surface area contributed by atoms with Gasteiger partial charge in [0.05, 0.1) is 31.4 Å². The Morgan fingerprint density at radius 2 is 1.00 bits per heavy atom. The number of rotatable bonds is 3. The Labute approximate surface area is 76.7 Å². The van der Waals surface area contributed by atoms with Crippen molar-refractivity contribution in [2.75, 3.05) is 12.5 Å². The van der Waals surface area contributed by atoms with Crippen LogP contribution in [0.1, 0.15) is 0 Å². The van der Waals surface area contributed by atoms with Crippen LogP contribution in [0.2, 0.25) is 0 Å². The van der Waals surface area contributed by atoms with E-state index in [0.717, 1.165) is 0 Å². The number of hydrogen-bond donors (Lipinski definition) is 0. The molecule has 0 aliphatic rings. The lowest BCUT2D eigenvalue weighted by molar-refractivity contribution is 1.13. The minimum Gasteiger partial charge on any atom is -0.178 e. The lowest BCUT2D eigenvalue weighted by atomic mass is 9.47. The van der Waals surface area contributed by atoms with Gasteiger partial charge in [0.2, 0.25) is 0 Å². The molecule has 10 heavy (non-hydrogen) atoms. The molecule has 0 aromatic rings. The Bertz CT molecular complexity index is 99.8. The lowest BCUT2D eigenvalue weighted by Crippen LogP contribution is -2.51. The molecule has 0 aliphatic carbocycles. The van der Waals surface area contributed by atoms with Gasteiger partial charge < -0.3 is 0 Å². The number of hydrogen-bond acceptors (Lipinski definition) is 2. The van der Waals surface area contributed by atoms with E-state index in [2.05, 4.69) is 0 Å². The molecule has 0 atom stereocenters. The summed E-state index contributed by atoms with van der Waals surface area (Å²) < 4.78 is -2.15. The van der Waals surface area contributed by atoms with Crippen LogP contribution in [0.4, 0.5) is 0 Å². The van der Waals surface area contributed by atoms with Gasteiger partial charge in [-0.15, -0.1) is 0 Å². The van der Waals surface area contributed by atoms with Crippen LogP contribution in [0.3, 0.4) is 0 Å². The Balaban J connectivity index is 4.28. The van der Waals surface area contributed by atoms with Gasteiger partial charge in [-0.25, -0.2) is 0 Å². The largest absolute Gasteiger partial charge is 0.178 e. The van der Waals surface area contributed by atoms with Crippen molar-refractivity contribution in [3.05, 3.63) is 0 Å². The maximum Gasteiger partial charge on any atom is 0.0760 e. The summed E-state index contributed by atoms with van der Waals surface area (Å²) in [4.78, 5) is 0. The Kier molecular flexibility index (Phi) is 3.92. The third-order valence-electron chi connectivity index (χ3n) is 1.29. The van der Waals surface area contributed by atoms with E-state index >= 15 is 0 Å². The molecule has 0 spiro atoms. The van der Waals surface area contributed by atoms with Crippen molar-refractivity contribution in [1.29, 1.82) is 0 Å². The maximum atomic E-state index is 5.57. The fourth-order valence-electron chi connectivity index (χ4n) is 0.319. The van der Waals surface area contributed by atoms with Crippen LogP contribution in [0, 0.1) is 0 Å². The van der Waals surface area contributed by atoms with Gasteiger partial charge in [0.25, 0.3) is 0 Å². The predicted molar refractivity (Wildman–Crippen MR) is 55.5 cm³/mol. The summed E-state index contributed by atoms with van der Waals surface area (Å²) in [5.41, 5.74) is 0. The molecule has 0 saturated carbocycles. The fraction of sp³-hybridized carbons (Fsp3) is 1.00. The third-order valence-corrected chi connectivity index (χ3v) is 3.44. The summed E-state index contributed by atoms with van der Waals surface area (Å²) >= 11 is 2.49. The first-order chi connectivity index (χ1) is 4.37. The molecule has 0 bridgehead atoms. The summed E-state index contributed by atoms with van der Waals surface area (Å²) in [6.07, 6.45) is 3.54. The van der Waals surface area contributed by atoms with E-state index < -0.39 is 9.09 Å². The molecule has 0 amide bonds. The first kappa shape index (κ1) is 11.0. The number of thioether (sulfide) groups is 2. The molecule has 0 aromatic carbocycles. The van der Waals surface area contributed by atoms with Crippen LogP contribution in [0.5, 0.6) is 0 Å². The van der Waals surface area contributed by atoms with Crippen molar-refractivity contribution in [3.8, 4) is 0 Å². The average Bonchev–Trinajstić information content (AvgIpc) is 1.88. The Hall–Kier alpha value is 0.960. The van der Waals surface area contributed by atoms with Crippen LogP contribution in [-0.2, 0) is 0 Å². The molecule has 0 heterocycles. The lowest BCUT2D eigenvalue weighted by Gasteiger charge is -2.41. The second-order valence-corrected chi connectivity index (χ2v) is 4.16. The van der Waals surface area contributed by atoms with E-state index in [-0.39, 0.29) is 0 Å². The molecular weight excluding hydrogens is 155 g/mol. The van der Waals surface area contributed by atoms with Crippen LogP contribution in [-0.4, -0.2) is 53.0 Å². The molecule has 0 rings (SSSR count). The summed E-state index contributed by atoms with van der Waals surface area (Å²) in [5.74, 6) is 0.